The van der Waals surface area contributed by atoms with Crippen LogP contribution in [0.2, 0.25) is 0 Å². The number of ether oxygens (including phenoxy) is 1. The lowest BCUT2D eigenvalue weighted by atomic mass is 9.62. The van der Waals surface area contributed by atoms with Gasteiger partial charge in [0, 0.05) is 19.7 Å². The molecule has 3 aliphatic heterocycles. The highest BCUT2D eigenvalue weighted by Crippen LogP contribution is 2.65. The summed E-state index contributed by atoms with van der Waals surface area (Å²) in [5, 5.41) is 23.7. The molecule has 3 aliphatic rings. The Morgan fingerprint density at radius 2 is 1.83 bits per heavy atom. The molecule has 0 saturated carbocycles. The van der Waals surface area contributed by atoms with Crippen molar-refractivity contribution in [3.8, 4) is 0 Å². The summed E-state index contributed by atoms with van der Waals surface area (Å²) < 4.78 is 8.35. The predicted octanol–water partition coefficient (Wildman–Crippen LogP) is 1.60. The van der Waals surface area contributed by atoms with Crippen LogP contribution in [-0.2, 0) is 32.3 Å². The Balaban J connectivity index is 1.29. The van der Waals surface area contributed by atoms with Crippen LogP contribution in [0.25, 0.3) is 11.0 Å². The first-order valence-corrected chi connectivity index (χ1v) is 14.3. The molecule has 4 heterocycles. The summed E-state index contributed by atoms with van der Waals surface area (Å²) in [7, 11) is 0. The Hall–Kier alpha value is -3.83. The molecule has 1 spiro atoms. The highest BCUT2D eigenvalue weighted by Gasteiger charge is 2.79. The third-order valence-electron chi connectivity index (χ3n) is 9.29. The van der Waals surface area contributed by atoms with E-state index >= 15 is 0 Å². The second-order valence-electron chi connectivity index (χ2n) is 11.6. The van der Waals surface area contributed by atoms with Crippen LogP contribution >= 0.6 is 0 Å². The minimum absolute atomic E-state index is 0.0110. The molecule has 3 unspecified atom stereocenters. The van der Waals surface area contributed by atoms with Crippen molar-refractivity contribution in [3.05, 3.63) is 60.2 Å². The number of fused-ring (bicyclic) bond motifs is 2. The fourth-order valence-electron chi connectivity index (χ4n) is 7.25. The molecular formula is C30H36N6O5. The molecule has 2 bridgehead atoms. The Morgan fingerprint density at radius 1 is 1.07 bits per heavy atom. The first kappa shape index (κ1) is 27.3. The zero-order valence-corrected chi connectivity index (χ0v) is 23.3. The van der Waals surface area contributed by atoms with Crippen LogP contribution in [0.5, 0.6) is 0 Å². The Morgan fingerprint density at radius 3 is 2.61 bits per heavy atom. The number of nitrogens with one attached hydrogen (secondary N) is 2. The first-order chi connectivity index (χ1) is 19.8. The fraction of sp³-hybridized carbons (Fsp3) is 0.500. The van der Waals surface area contributed by atoms with Crippen molar-refractivity contribution in [1.29, 1.82) is 0 Å². The average molecular weight is 561 g/mol. The SMILES string of the molecule is CC1CC23O[C@@]1(C)[C@H](C(=O)NCc1ccccc1)[C@H]2C(=O)N(CCCCO)C3C(=O)NCn1nnc2ccccc21. The minimum Gasteiger partial charge on any atom is -0.396 e. The number of aromatic nitrogens is 3. The highest BCUT2D eigenvalue weighted by molar-refractivity contribution is 5.99. The second kappa shape index (κ2) is 10.5. The number of likely N-dealkylation sites (tertiary alicyclic amines) is 1. The molecule has 3 amide bonds. The van der Waals surface area contributed by atoms with Gasteiger partial charge in [0.15, 0.2) is 0 Å². The molecule has 0 radical (unpaired) electrons. The number of para-hydroxylation sites is 1. The van der Waals surface area contributed by atoms with Crippen LogP contribution in [0.15, 0.2) is 54.6 Å². The van der Waals surface area contributed by atoms with Crippen LogP contribution in [-0.4, -0.2) is 73.1 Å². The van der Waals surface area contributed by atoms with E-state index in [9.17, 15) is 19.5 Å². The van der Waals surface area contributed by atoms with Crippen LogP contribution in [0.3, 0.4) is 0 Å². The van der Waals surface area contributed by atoms with E-state index in [2.05, 4.69) is 20.9 Å². The number of amides is 3. The van der Waals surface area contributed by atoms with E-state index in [0.717, 1.165) is 11.1 Å². The summed E-state index contributed by atoms with van der Waals surface area (Å²) in [6.07, 6.45) is 1.51. The Labute approximate surface area is 238 Å². The molecule has 11 heteroatoms. The molecule has 0 aliphatic carbocycles. The van der Waals surface area contributed by atoms with Crippen LogP contribution in [0, 0.1) is 17.8 Å². The monoisotopic (exact) mass is 560 g/mol. The molecule has 3 aromatic rings. The maximum Gasteiger partial charge on any atom is 0.247 e. The van der Waals surface area contributed by atoms with Gasteiger partial charge in [0.1, 0.15) is 23.8 Å². The van der Waals surface area contributed by atoms with Gasteiger partial charge in [-0.2, -0.15) is 0 Å². The number of benzene rings is 2. The third kappa shape index (κ3) is 4.38. The fourth-order valence-corrected chi connectivity index (χ4v) is 7.25. The normalized spacial score (nSPS) is 30.1. The minimum atomic E-state index is -1.13. The van der Waals surface area contributed by atoms with Gasteiger partial charge in [0.2, 0.25) is 17.7 Å². The lowest BCUT2D eigenvalue weighted by Gasteiger charge is -2.36. The van der Waals surface area contributed by atoms with E-state index in [1.807, 2.05) is 68.4 Å². The number of carbonyl (C=O) groups excluding carboxylic acids is 3. The maximum absolute atomic E-state index is 14.1. The number of hydrogen-bond acceptors (Lipinski definition) is 7. The topological polar surface area (TPSA) is 139 Å². The molecule has 3 fully saturated rings. The van der Waals surface area contributed by atoms with Crippen molar-refractivity contribution in [2.75, 3.05) is 13.2 Å². The summed E-state index contributed by atoms with van der Waals surface area (Å²) in [4.78, 5) is 43.5. The van der Waals surface area contributed by atoms with Crippen molar-refractivity contribution in [3.63, 3.8) is 0 Å². The van der Waals surface area contributed by atoms with Gasteiger partial charge in [-0.1, -0.05) is 54.6 Å². The van der Waals surface area contributed by atoms with E-state index in [0.29, 0.717) is 31.3 Å². The molecule has 41 heavy (non-hydrogen) atoms. The van der Waals surface area contributed by atoms with Gasteiger partial charge in [-0.15, -0.1) is 5.10 Å². The quantitative estimate of drug-likeness (QED) is 0.320. The van der Waals surface area contributed by atoms with Gasteiger partial charge in [-0.05, 0) is 49.8 Å². The van der Waals surface area contributed by atoms with Gasteiger partial charge in [-0.25, -0.2) is 4.68 Å². The Bertz CT molecular complexity index is 1460. The molecule has 3 N–H and O–H groups in total. The lowest BCUT2D eigenvalue weighted by Crippen LogP contribution is -2.56. The molecular weight excluding hydrogens is 524 g/mol. The number of aliphatic hydroxyl groups is 1. The van der Waals surface area contributed by atoms with Crippen LogP contribution in [0.1, 0.15) is 38.7 Å². The summed E-state index contributed by atoms with van der Waals surface area (Å²) in [6, 6.07) is 16.2. The van der Waals surface area contributed by atoms with Gasteiger partial charge in [0.05, 0.1) is 23.0 Å². The van der Waals surface area contributed by atoms with Crippen molar-refractivity contribution < 1.29 is 24.2 Å². The molecule has 3 saturated heterocycles. The Kier molecular flexibility index (Phi) is 7.03. The van der Waals surface area contributed by atoms with Crippen molar-refractivity contribution in [2.24, 2.45) is 17.8 Å². The lowest BCUT2D eigenvalue weighted by molar-refractivity contribution is -0.147. The van der Waals surface area contributed by atoms with Crippen molar-refractivity contribution in [1.82, 2.24) is 30.5 Å². The van der Waals surface area contributed by atoms with Crippen molar-refractivity contribution >= 4 is 28.8 Å². The van der Waals surface area contributed by atoms with E-state index < -0.39 is 29.1 Å². The standard InChI is InChI=1S/C30H36N6O5/c1-19-16-30-24(23(29(19,2)41-30)26(38)31-17-20-10-4-3-5-11-20)28(40)35(14-8-9-15-37)25(30)27(39)32-18-36-22-13-7-6-12-21(22)33-34-36/h3-7,10-13,19,23-25,37H,8-9,14-18H2,1-2H3,(H,31,38)(H,32,39)/t19?,23-,24-,25?,29+,30?/m0/s1. The smallest absolute Gasteiger partial charge is 0.247 e. The van der Waals surface area contributed by atoms with E-state index in [1.54, 1.807) is 9.58 Å². The van der Waals surface area contributed by atoms with Crippen LogP contribution in [0.4, 0.5) is 0 Å². The number of hydrogen-bond donors (Lipinski definition) is 3. The highest BCUT2D eigenvalue weighted by atomic mass is 16.5. The molecule has 6 atom stereocenters. The summed E-state index contributed by atoms with van der Waals surface area (Å²) in [5.74, 6) is -2.41. The molecule has 6 rings (SSSR count). The number of aliphatic hydroxyl groups excluding tert-OH is 1. The summed E-state index contributed by atoms with van der Waals surface area (Å²) in [6.45, 7) is 4.61. The predicted molar refractivity (Wildman–Crippen MR) is 149 cm³/mol. The molecule has 11 nitrogen and oxygen atoms in total. The van der Waals surface area contributed by atoms with E-state index in [4.69, 9.17) is 4.74 Å². The summed E-state index contributed by atoms with van der Waals surface area (Å²) >= 11 is 0. The molecule has 216 valence electrons. The van der Waals surface area contributed by atoms with E-state index in [-0.39, 0.29) is 43.5 Å². The van der Waals surface area contributed by atoms with Gasteiger partial charge >= 0.3 is 0 Å². The van der Waals surface area contributed by atoms with Gasteiger partial charge in [-0.3, -0.25) is 14.4 Å². The zero-order valence-electron chi connectivity index (χ0n) is 23.3. The average Bonchev–Trinajstić information content (AvgIpc) is 3.65. The van der Waals surface area contributed by atoms with Crippen LogP contribution < -0.4 is 10.6 Å². The second-order valence-corrected chi connectivity index (χ2v) is 11.6. The van der Waals surface area contributed by atoms with Crippen molar-refractivity contribution in [2.45, 2.75) is 63.6 Å². The molecule has 1 aromatic heterocycles. The summed E-state index contributed by atoms with van der Waals surface area (Å²) in [5.41, 5.74) is 0.428. The number of rotatable bonds is 10. The number of carbonyl (C=O) groups is 3. The van der Waals surface area contributed by atoms with E-state index in [1.165, 1.54) is 0 Å². The maximum atomic E-state index is 14.1. The zero-order chi connectivity index (χ0) is 28.8. The largest absolute Gasteiger partial charge is 0.396 e. The van der Waals surface area contributed by atoms with Gasteiger partial charge in [0.25, 0.3) is 0 Å². The molecule has 2 aromatic carbocycles. The number of nitrogens with zero attached hydrogens (tertiary/aromatic N) is 4. The van der Waals surface area contributed by atoms with Gasteiger partial charge < -0.3 is 25.4 Å². The first-order valence-electron chi connectivity index (χ1n) is 14.3. The third-order valence-corrected chi connectivity index (χ3v) is 9.29. The number of unbranched alkanes of at least 4 members (excludes halogenated alkanes) is 1.